The molecule has 4 rings (SSSR count). The second kappa shape index (κ2) is 4.76. The molecule has 1 heterocycles. The fourth-order valence-electron chi connectivity index (χ4n) is 7.68. The molecule has 0 aromatic rings. The normalized spacial score (nSPS) is 56.0. The minimum atomic E-state index is -1.39. The van der Waals surface area contributed by atoms with Crippen molar-refractivity contribution in [3.05, 3.63) is 0 Å². The zero-order valence-electron chi connectivity index (χ0n) is 15.5. The fraction of sp³-hybridized carbons (Fsp3) is 0.950. The van der Waals surface area contributed by atoms with E-state index in [0.717, 1.165) is 19.3 Å². The summed E-state index contributed by atoms with van der Waals surface area (Å²) < 4.78 is 5.25. The Morgan fingerprint density at radius 3 is 2.46 bits per heavy atom. The van der Waals surface area contributed by atoms with Gasteiger partial charge in [-0.05, 0) is 60.2 Å². The van der Waals surface area contributed by atoms with Crippen molar-refractivity contribution in [2.75, 3.05) is 6.61 Å². The van der Waals surface area contributed by atoms with E-state index in [1.807, 2.05) is 0 Å². The van der Waals surface area contributed by atoms with Gasteiger partial charge in [-0.2, -0.15) is 0 Å². The van der Waals surface area contributed by atoms with Crippen molar-refractivity contribution in [3.63, 3.8) is 0 Å². The lowest BCUT2D eigenvalue weighted by molar-refractivity contribution is -0.235. The summed E-state index contributed by atoms with van der Waals surface area (Å²) >= 11 is 0. The van der Waals surface area contributed by atoms with Gasteiger partial charge >= 0.3 is 5.97 Å². The zero-order valence-corrected chi connectivity index (χ0v) is 15.5. The molecular weight excluding hydrogens is 304 g/mol. The number of esters is 1. The molecule has 0 aromatic carbocycles. The minimum absolute atomic E-state index is 0.0500. The van der Waals surface area contributed by atoms with Crippen LogP contribution in [0.25, 0.3) is 0 Å². The predicted octanol–water partition coefficient (Wildman–Crippen LogP) is 2.90. The van der Waals surface area contributed by atoms with Crippen molar-refractivity contribution in [3.8, 4) is 0 Å². The van der Waals surface area contributed by atoms with Gasteiger partial charge in [0.05, 0.1) is 12.0 Å². The summed E-state index contributed by atoms with van der Waals surface area (Å²) in [5.41, 5.74) is -1.24. The van der Waals surface area contributed by atoms with E-state index in [9.17, 15) is 15.0 Å². The van der Waals surface area contributed by atoms with Crippen LogP contribution in [0.4, 0.5) is 0 Å². The van der Waals surface area contributed by atoms with Crippen molar-refractivity contribution in [2.24, 2.45) is 34.0 Å². The first-order chi connectivity index (χ1) is 11.1. The SMILES string of the molecule is CC1(C)CCC[C@]2(C)[C@H]3C[C@H](O)[C@@]4(O)COC(=O)[C@H]4[C@]3(C)CC[C@@H]12. The topological polar surface area (TPSA) is 66.8 Å². The Morgan fingerprint density at radius 2 is 1.75 bits per heavy atom. The molecule has 0 unspecified atom stereocenters. The molecule has 2 N–H and O–H groups in total. The first-order valence-electron chi connectivity index (χ1n) is 9.63. The maximum Gasteiger partial charge on any atom is 0.312 e. The van der Waals surface area contributed by atoms with Gasteiger partial charge in [-0.15, -0.1) is 0 Å². The molecule has 3 saturated carbocycles. The first-order valence-corrected chi connectivity index (χ1v) is 9.63. The summed E-state index contributed by atoms with van der Waals surface area (Å²) in [6.45, 7) is 9.28. The molecule has 0 spiro atoms. The lowest BCUT2D eigenvalue weighted by Gasteiger charge is -2.66. The average molecular weight is 336 g/mol. The van der Waals surface area contributed by atoms with Crippen LogP contribution in [-0.2, 0) is 9.53 Å². The summed E-state index contributed by atoms with van der Waals surface area (Å²) in [5.74, 6) is -0.00988. The molecule has 3 aliphatic carbocycles. The maximum atomic E-state index is 12.5. The van der Waals surface area contributed by atoms with Crippen LogP contribution in [0.2, 0.25) is 0 Å². The number of cyclic esters (lactones) is 1. The van der Waals surface area contributed by atoms with Crippen molar-refractivity contribution < 1.29 is 19.7 Å². The quantitative estimate of drug-likeness (QED) is 0.668. The average Bonchev–Trinajstić information content (AvgIpc) is 2.79. The van der Waals surface area contributed by atoms with Gasteiger partial charge in [0, 0.05) is 0 Å². The molecule has 136 valence electrons. The standard InChI is InChI=1S/C20H32O4/c1-17(2)7-5-8-18(3)12(17)6-9-19(4)13(18)10-14(21)20(23)11-24-16(22)15(19)20/h12-15,21,23H,5-11H2,1-4H3/t12-,13+,14-,15-,18-,19+,20-/m0/s1. The van der Waals surface area contributed by atoms with Gasteiger partial charge in [0.25, 0.3) is 0 Å². The largest absolute Gasteiger partial charge is 0.462 e. The predicted molar refractivity (Wildman–Crippen MR) is 90.1 cm³/mol. The summed E-state index contributed by atoms with van der Waals surface area (Å²) in [6, 6.07) is 0. The fourth-order valence-corrected chi connectivity index (χ4v) is 7.68. The van der Waals surface area contributed by atoms with Crippen LogP contribution >= 0.6 is 0 Å². The number of carbonyl (C=O) groups is 1. The highest BCUT2D eigenvalue weighted by Crippen LogP contribution is 2.70. The first kappa shape index (κ1) is 16.8. The highest BCUT2D eigenvalue weighted by atomic mass is 16.6. The van der Waals surface area contributed by atoms with E-state index in [-0.39, 0.29) is 29.3 Å². The van der Waals surface area contributed by atoms with Crippen LogP contribution in [0.15, 0.2) is 0 Å². The lowest BCUT2D eigenvalue weighted by atomic mass is 9.38. The molecule has 0 aromatic heterocycles. The zero-order chi connectivity index (χ0) is 17.5. The van der Waals surface area contributed by atoms with Gasteiger partial charge in [-0.25, -0.2) is 0 Å². The van der Waals surface area contributed by atoms with Crippen LogP contribution in [-0.4, -0.2) is 34.5 Å². The Morgan fingerprint density at radius 1 is 1.04 bits per heavy atom. The van der Waals surface area contributed by atoms with E-state index in [0.29, 0.717) is 17.8 Å². The monoisotopic (exact) mass is 336 g/mol. The third kappa shape index (κ3) is 1.85. The smallest absolute Gasteiger partial charge is 0.312 e. The molecule has 1 saturated heterocycles. The van der Waals surface area contributed by atoms with Crippen molar-refractivity contribution in [2.45, 2.75) is 77.9 Å². The number of aliphatic hydroxyl groups excluding tert-OH is 1. The third-order valence-electron chi connectivity index (χ3n) is 8.72. The van der Waals surface area contributed by atoms with Crippen LogP contribution in [0.1, 0.15) is 66.2 Å². The summed E-state index contributed by atoms with van der Waals surface area (Å²) in [4.78, 5) is 12.5. The Bertz CT molecular complexity index is 572. The van der Waals surface area contributed by atoms with E-state index >= 15 is 0 Å². The number of aliphatic hydroxyl groups is 2. The Kier molecular flexibility index (Phi) is 3.34. The van der Waals surface area contributed by atoms with Gasteiger partial charge < -0.3 is 14.9 Å². The number of hydrogen-bond acceptors (Lipinski definition) is 4. The summed E-state index contributed by atoms with van der Waals surface area (Å²) in [5, 5.41) is 21.8. The summed E-state index contributed by atoms with van der Waals surface area (Å²) in [7, 11) is 0. The number of hydrogen-bond donors (Lipinski definition) is 2. The molecule has 24 heavy (non-hydrogen) atoms. The molecule has 0 bridgehead atoms. The molecule has 4 aliphatic rings. The van der Waals surface area contributed by atoms with E-state index in [1.54, 1.807) is 0 Å². The van der Waals surface area contributed by atoms with Crippen LogP contribution in [0, 0.1) is 34.0 Å². The second-order valence-electron chi connectivity index (χ2n) is 10.3. The number of ether oxygens (including phenoxy) is 1. The van der Waals surface area contributed by atoms with E-state index in [2.05, 4.69) is 27.7 Å². The lowest BCUT2D eigenvalue weighted by Crippen LogP contribution is -2.67. The van der Waals surface area contributed by atoms with Crippen molar-refractivity contribution >= 4 is 5.97 Å². The van der Waals surface area contributed by atoms with E-state index in [4.69, 9.17) is 4.74 Å². The number of carbonyl (C=O) groups excluding carboxylic acids is 1. The molecular formula is C20H32O4. The third-order valence-corrected chi connectivity index (χ3v) is 8.72. The molecule has 7 atom stereocenters. The highest BCUT2D eigenvalue weighted by molar-refractivity contribution is 5.78. The second-order valence-corrected chi connectivity index (χ2v) is 10.3. The Hall–Kier alpha value is -0.610. The van der Waals surface area contributed by atoms with E-state index in [1.165, 1.54) is 12.8 Å². The molecule has 4 fully saturated rings. The molecule has 0 amide bonds. The summed E-state index contributed by atoms with van der Waals surface area (Å²) in [6.07, 6.45) is 5.39. The molecule has 0 radical (unpaired) electrons. The van der Waals surface area contributed by atoms with Crippen LogP contribution in [0.5, 0.6) is 0 Å². The van der Waals surface area contributed by atoms with Gasteiger partial charge in [0.2, 0.25) is 0 Å². The highest BCUT2D eigenvalue weighted by Gasteiger charge is 2.71. The van der Waals surface area contributed by atoms with Crippen LogP contribution < -0.4 is 0 Å². The number of fused-ring (bicyclic) bond motifs is 5. The molecule has 4 nitrogen and oxygen atoms in total. The van der Waals surface area contributed by atoms with Crippen molar-refractivity contribution in [1.82, 2.24) is 0 Å². The maximum absolute atomic E-state index is 12.5. The minimum Gasteiger partial charge on any atom is -0.462 e. The van der Waals surface area contributed by atoms with Gasteiger partial charge in [-0.3, -0.25) is 4.79 Å². The number of rotatable bonds is 0. The molecule has 1 aliphatic heterocycles. The van der Waals surface area contributed by atoms with Gasteiger partial charge in [-0.1, -0.05) is 34.1 Å². The Balaban J connectivity index is 1.80. The van der Waals surface area contributed by atoms with Gasteiger partial charge in [0.1, 0.15) is 12.2 Å². The molecule has 4 heteroatoms. The van der Waals surface area contributed by atoms with Crippen molar-refractivity contribution in [1.29, 1.82) is 0 Å². The van der Waals surface area contributed by atoms with E-state index < -0.39 is 17.6 Å². The Labute approximate surface area is 145 Å². The van der Waals surface area contributed by atoms with Crippen LogP contribution in [0.3, 0.4) is 0 Å². The van der Waals surface area contributed by atoms with Gasteiger partial charge in [0.15, 0.2) is 0 Å².